The summed E-state index contributed by atoms with van der Waals surface area (Å²) in [5.74, 6) is 7.48. The third-order valence-electron chi connectivity index (χ3n) is 12.9. The summed E-state index contributed by atoms with van der Waals surface area (Å²) < 4.78 is 24.7. The van der Waals surface area contributed by atoms with Gasteiger partial charge in [0.1, 0.15) is 25.4 Å². The summed E-state index contributed by atoms with van der Waals surface area (Å²) >= 11 is 0. The quantitative estimate of drug-likeness (QED) is 0.329. The van der Waals surface area contributed by atoms with Crippen LogP contribution in [0.5, 0.6) is 11.5 Å². The average molecular weight is 541 g/mol. The van der Waals surface area contributed by atoms with Crippen molar-refractivity contribution in [3.63, 3.8) is 0 Å². The van der Waals surface area contributed by atoms with Crippen molar-refractivity contribution in [2.24, 2.45) is 35.5 Å². The maximum Gasteiger partial charge on any atom is 0.169 e. The molecule has 2 aromatic rings. The first-order chi connectivity index (χ1) is 19.6. The van der Waals surface area contributed by atoms with E-state index in [0.29, 0.717) is 24.0 Å². The van der Waals surface area contributed by atoms with Crippen LogP contribution in [0.1, 0.15) is 88.2 Å². The monoisotopic (exact) mass is 540 g/mol. The summed E-state index contributed by atoms with van der Waals surface area (Å²) in [6.45, 7) is 2.89. The van der Waals surface area contributed by atoms with E-state index in [-0.39, 0.29) is 12.2 Å². The molecule has 0 amide bonds. The maximum atomic E-state index is 6.81. The molecule has 2 unspecified atom stereocenters. The molecule has 8 bridgehead atoms. The van der Waals surface area contributed by atoms with Crippen molar-refractivity contribution in [1.29, 1.82) is 0 Å². The smallest absolute Gasteiger partial charge is 0.169 e. The Morgan fingerprint density at radius 2 is 1.10 bits per heavy atom. The van der Waals surface area contributed by atoms with Gasteiger partial charge in [-0.2, -0.15) is 0 Å². The lowest BCUT2D eigenvalue weighted by Crippen LogP contribution is -2.49. The molecule has 212 valence electrons. The molecule has 8 aliphatic carbocycles. The van der Waals surface area contributed by atoms with Crippen LogP contribution in [0.2, 0.25) is 0 Å². The Morgan fingerprint density at radius 3 is 1.60 bits per heavy atom. The van der Waals surface area contributed by atoms with Gasteiger partial charge >= 0.3 is 0 Å². The van der Waals surface area contributed by atoms with Crippen molar-refractivity contribution >= 4 is 10.8 Å². The molecule has 4 heteroatoms. The summed E-state index contributed by atoms with van der Waals surface area (Å²) in [5.41, 5.74) is 3.79. The van der Waals surface area contributed by atoms with Gasteiger partial charge in [-0.3, -0.25) is 0 Å². The highest BCUT2D eigenvalue weighted by molar-refractivity contribution is 5.97. The summed E-state index contributed by atoms with van der Waals surface area (Å²) in [7, 11) is 0. The molecule has 2 aliphatic heterocycles. The molecule has 0 spiro atoms. The number of fused-ring (bicyclic) bond motifs is 1. The van der Waals surface area contributed by atoms with Gasteiger partial charge in [0.15, 0.2) is 11.5 Å². The van der Waals surface area contributed by atoms with Crippen molar-refractivity contribution in [2.75, 3.05) is 26.4 Å². The Bertz CT molecular complexity index is 1240. The van der Waals surface area contributed by atoms with Gasteiger partial charge < -0.3 is 18.9 Å². The molecule has 12 rings (SSSR count). The van der Waals surface area contributed by atoms with Crippen LogP contribution in [0.3, 0.4) is 0 Å². The van der Waals surface area contributed by atoms with E-state index in [2.05, 4.69) is 24.3 Å². The van der Waals surface area contributed by atoms with Gasteiger partial charge in [-0.15, -0.1) is 0 Å². The summed E-state index contributed by atoms with van der Waals surface area (Å²) in [4.78, 5) is 0. The number of ether oxygens (including phenoxy) is 4. The number of hydrogen-bond acceptors (Lipinski definition) is 4. The average Bonchev–Trinajstić information content (AvgIpc) is 3.84. The first kappa shape index (κ1) is 23.7. The first-order valence-electron chi connectivity index (χ1n) is 16.7. The summed E-state index contributed by atoms with van der Waals surface area (Å²) in [5, 5.41) is 2.89. The van der Waals surface area contributed by atoms with Crippen LogP contribution in [0.25, 0.3) is 10.8 Å². The molecular weight excluding hydrogens is 496 g/mol. The van der Waals surface area contributed by atoms with E-state index in [4.69, 9.17) is 18.9 Å². The minimum atomic E-state index is 0.226. The number of hydrogen-bond donors (Lipinski definition) is 0. The number of benzene rings is 2. The Morgan fingerprint density at radius 1 is 0.625 bits per heavy atom. The van der Waals surface area contributed by atoms with Crippen LogP contribution < -0.4 is 9.47 Å². The third kappa shape index (κ3) is 3.70. The molecule has 0 aromatic heterocycles. The fourth-order valence-electron chi connectivity index (χ4n) is 12.1. The molecule has 2 heterocycles. The molecule has 40 heavy (non-hydrogen) atoms. The zero-order chi connectivity index (χ0) is 26.1. The van der Waals surface area contributed by atoms with E-state index in [9.17, 15) is 0 Å². The second-order valence-electron chi connectivity index (χ2n) is 15.9. The Kier molecular flexibility index (Phi) is 4.99. The second kappa shape index (κ2) is 8.40. The van der Waals surface area contributed by atoms with Gasteiger partial charge in [0.05, 0.1) is 13.2 Å². The molecule has 10 aliphatic rings. The van der Waals surface area contributed by atoms with E-state index < -0.39 is 0 Å². The number of rotatable bonds is 8. The van der Waals surface area contributed by atoms with Gasteiger partial charge in [0.25, 0.3) is 0 Å². The molecule has 4 nitrogen and oxygen atoms in total. The normalized spacial score (nSPS) is 45.3. The predicted octanol–water partition coefficient (Wildman–Crippen LogP) is 7.33. The van der Waals surface area contributed by atoms with Crippen molar-refractivity contribution in [2.45, 2.75) is 100 Å². The Labute approximate surface area is 238 Å². The predicted molar refractivity (Wildman–Crippen MR) is 154 cm³/mol. The minimum absolute atomic E-state index is 0.226. The van der Waals surface area contributed by atoms with Crippen LogP contribution in [-0.4, -0.2) is 38.6 Å². The zero-order valence-electron chi connectivity index (χ0n) is 23.9. The summed E-state index contributed by atoms with van der Waals surface area (Å²) in [6, 6.07) is 9.84. The Hall–Kier alpha value is -1.78. The highest BCUT2D eigenvalue weighted by Gasteiger charge is 2.54. The van der Waals surface area contributed by atoms with Crippen molar-refractivity contribution < 1.29 is 18.9 Å². The maximum absolute atomic E-state index is 6.81. The Balaban J connectivity index is 1.19. The van der Waals surface area contributed by atoms with E-state index in [1.165, 1.54) is 87.8 Å². The summed E-state index contributed by atoms with van der Waals surface area (Å²) in [6.07, 6.45) is 17.5. The molecule has 8 saturated carbocycles. The van der Waals surface area contributed by atoms with E-state index >= 15 is 0 Å². The number of epoxide rings is 2. The third-order valence-corrected chi connectivity index (χ3v) is 12.9. The fraction of sp³-hybridized carbons (Fsp3) is 0.722. The van der Waals surface area contributed by atoms with Crippen molar-refractivity contribution in [1.82, 2.24) is 0 Å². The zero-order valence-corrected chi connectivity index (χ0v) is 23.9. The van der Waals surface area contributed by atoms with Crippen molar-refractivity contribution in [3.05, 3.63) is 35.4 Å². The molecule has 0 radical (unpaired) electrons. The van der Waals surface area contributed by atoms with Crippen molar-refractivity contribution in [3.8, 4) is 11.5 Å². The highest BCUT2D eigenvalue weighted by atomic mass is 16.6. The SMILES string of the molecule is c1cc(C23CC4CC(CC(C4)C2)C3)c2c(OCC3CO3)c(OCC3CO3)cc(C34CC5CC(CC(C5)C3)C4)c2c1. The standard InChI is InChI=1S/C36H44O4/c1-2-29-31(36-14-24-7-25(15-36)9-26(8-24)16-36)10-32(39-19-27-17-37-27)34(40-20-28-18-38-28)33(29)30(3-1)35-11-21-4-22(12-35)6-23(5-21)13-35/h1-3,10,21-28H,4-9,11-20H2. The lowest BCUT2D eigenvalue weighted by Gasteiger charge is -2.58. The first-order valence-corrected chi connectivity index (χ1v) is 16.7. The van der Waals surface area contributed by atoms with E-state index in [1.807, 2.05) is 0 Å². The molecular formula is C36H44O4. The minimum Gasteiger partial charge on any atom is -0.487 e. The topological polar surface area (TPSA) is 43.5 Å². The largest absolute Gasteiger partial charge is 0.487 e. The van der Waals surface area contributed by atoms with Gasteiger partial charge in [-0.05, 0) is 146 Å². The molecule has 2 atom stereocenters. The molecule has 10 fully saturated rings. The highest BCUT2D eigenvalue weighted by Crippen LogP contribution is 2.65. The molecule has 2 saturated heterocycles. The van der Waals surface area contributed by atoms with Gasteiger partial charge in [-0.25, -0.2) is 0 Å². The second-order valence-corrected chi connectivity index (χ2v) is 15.9. The van der Waals surface area contributed by atoms with Gasteiger partial charge in [-0.1, -0.05) is 18.2 Å². The van der Waals surface area contributed by atoms with Crippen LogP contribution in [0, 0.1) is 35.5 Å². The lowest BCUT2D eigenvalue weighted by molar-refractivity contribution is -0.00534. The van der Waals surface area contributed by atoms with Crippen LogP contribution in [0.15, 0.2) is 24.3 Å². The van der Waals surface area contributed by atoms with Gasteiger partial charge in [0, 0.05) is 5.39 Å². The molecule has 2 aromatic carbocycles. The fourth-order valence-corrected chi connectivity index (χ4v) is 12.1. The van der Waals surface area contributed by atoms with Crippen LogP contribution in [-0.2, 0) is 20.3 Å². The lowest BCUT2D eigenvalue weighted by atomic mass is 9.47. The van der Waals surface area contributed by atoms with Gasteiger partial charge in [0.2, 0.25) is 0 Å². The van der Waals surface area contributed by atoms with Crippen LogP contribution in [0.4, 0.5) is 0 Å². The van der Waals surface area contributed by atoms with E-state index in [0.717, 1.165) is 60.2 Å². The van der Waals surface area contributed by atoms with E-state index in [1.54, 1.807) is 11.1 Å². The molecule has 0 N–H and O–H groups in total. The van der Waals surface area contributed by atoms with Crippen LogP contribution >= 0.6 is 0 Å².